The molecule has 1 rings (SSSR count). The van der Waals surface area contributed by atoms with Gasteiger partial charge in [0.2, 0.25) is 0 Å². The summed E-state index contributed by atoms with van der Waals surface area (Å²) in [6, 6.07) is 10.5. The van der Waals surface area contributed by atoms with E-state index in [2.05, 4.69) is 46.4 Å². The van der Waals surface area contributed by atoms with Crippen LogP contribution in [0.1, 0.15) is 31.9 Å². The molecular formula is C12H15BrN2. The van der Waals surface area contributed by atoms with Crippen LogP contribution in [-0.2, 0) is 0 Å². The largest absolute Gasteiger partial charge is 0.295 e. The Hall–Kier alpha value is -0.850. The van der Waals surface area contributed by atoms with Gasteiger partial charge in [-0.25, -0.2) is 0 Å². The van der Waals surface area contributed by atoms with Gasteiger partial charge in [-0.2, -0.15) is 5.26 Å². The highest BCUT2D eigenvalue weighted by Gasteiger charge is 2.10. The first-order valence-corrected chi connectivity index (χ1v) is 5.87. The van der Waals surface area contributed by atoms with Crippen LogP contribution in [-0.4, -0.2) is 6.04 Å². The lowest BCUT2D eigenvalue weighted by Crippen LogP contribution is -2.29. The second-order valence-electron chi connectivity index (χ2n) is 3.53. The lowest BCUT2D eigenvalue weighted by molar-refractivity contribution is 0.508. The van der Waals surface area contributed by atoms with Crippen molar-refractivity contribution in [1.29, 1.82) is 5.26 Å². The molecule has 0 aliphatic carbocycles. The van der Waals surface area contributed by atoms with Gasteiger partial charge in [0.25, 0.3) is 0 Å². The molecule has 0 aromatic heterocycles. The molecule has 0 heterocycles. The molecule has 0 aliphatic heterocycles. The fraction of sp³-hybridized carbons (Fsp3) is 0.417. The number of hydrogen-bond acceptors (Lipinski definition) is 2. The molecule has 0 bridgehead atoms. The van der Waals surface area contributed by atoms with Crippen molar-refractivity contribution < 1.29 is 0 Å². The van der Waals surface area contributed by atoms with Gasteiger partial charge in [-0.15, -0.1) is 0 Å². The number of nitriles is 1. The van der Waals surface area contributed by atoms with Gasteiger partial charge in [0.05, 0.1) is 12.1 Å². The van der Waals surface area contributed by atoms with E-state index in [4.69, 9.17) is 5.26 Å². The van der Waals surface area contributed by atoms with E-state index in [0.29, 0.717) is 0 Å². The topological polar surface area (TPSA) is 35.8 Å². The molecule has 0 amide bonds. The molecule has 0 saturated heterocycles. The molecular weight excluding hydrogens is 252 g/mol. The maximum Gasteiger partial charge on any atom is 0.0954 e. The number of nitrogens with one attached hydrogen (secondary N) is 1. The van der Waals surface area contributed by atoms with Crippen molar-refractivity contribution in [2.45, 2.75) is 32.4 Å². The molecule has 1 unspecified atom stereocenters. The SMILES string of the molecule is CCC(C#N)N[C@H](C)c1ccc(Br)cc1. The summed E-state index contributed by atoms with van der Waals surface area (Å²) in [7, 11) is 0. The van der Waals surface area contributed by atoms with E-state index in [9.17, 15) is 0 Å². The van der Waals surface area contributed by atoms with Gasteiger partial charge in [-0.1, -0.05) is 35.0 Å². The van der Waals surface area contributed by atoms with E-state index in [1.165, 1.54) is 5.56 Å². The molecule has 1 aromatic carbocycles. The monoisotopic (exact) mass is 266 g/mol. The third kappa shape index (κ3) is 3.65. The second kappa shape index (κ2) is 5.89. The van der Waals surface area contributed by atoms with Crippen molar-refractivity contribution >= 4 is 15.9 Å². The standard InChI is InChI=1S/C12H15BrN2/c1-3-12(8-14)15-9(2)10-4-6-11(13)7-5-10/h4-7,9,12,15H,3H2,1-2H3/t9-,12?/m1/s1. The molecule has 0 fully saturated rings. The zero-order chi connectivity index (χ0) is 11.3. The summed E-state index contributed by atoms with van der Waals surface area (Å²) >= 11 is 3.40. The van der Waals surface area contributed by atoms with E-state index in [-0.39, 0.29) is 12.1 Å². The Morgan fingerprint density at radius 3 is 2.47 bits per heavy atom. The predicted octanol–water partition coefficient (Wildman–Crippen LogP) is 3.40. The minimum absolute atomic E-state index is 0.0661. The van der Waals surface area contributed by atoms with E-state index in [1.54, 1.807) is 0 Å². The van der Waals surface area contributed by atoms with Crippen molar-refractivity contribution in [2.75, 3.05) is 0 Å². The van der Waals surface area contributed by atoms with E-state index in [1.807, 2.05) is 19.1 Å². The number of hydrogen-bond donors (Lipinski definition) is 1. The summed E-state index contributed by atoms with van der Waals surface area (Å²) in [6.07, 6.45) is 0.831. The predicted molar refractivity (Wildman–Crippen MR) is 65.4 cm³/mol. The van der Waals surface area contributed by atoms with Crippen LogP contribution < -0.4 is 5.32 Å². The zero-order valence-electron chi connectivity index (χ0n) is 9.00. The minimum atomic E-state index is -0.0661. The van der Waals surface area contributed by atoms with Gasteiger partial charge in [0.15, 0.2) is 0 Å². The Bertz CT molecular complexity index is 340. The molecule has 1 aromatic rings. The van der Waals surface area contributed by atoms with Gasteiger partial charge in [0, 0.05) is 10.5 Å². The highest BCUT2D eigenvalue weighted by Crippen LogP contribution is 2.17. The van der Waals surface area contributed by atoms with Gasteiger partial charge in [0.1, 0.15) is 0 Å². The van der Waals surface area contributed by atoms with Crippen LogP contribution in [0.15, 0.2) is 28.7 Å². The first-order valence-electron chi connectivity index (χ1n) is 5.08. The average molecular weight is 267 g/mol. The van der Waals surface area contributed by atoms with Crippen LogP contribution in [0.2, 0.25) is 0 Å². The van der Waals surface area contributed by atoms with E-state index < -0.39 is 0 Å². The van der Waals surface area contributed by atoms with Crippen LogP contribution >= 0.6 is 15.9 Å². The number of nitrogens with zero attached hydrogens (tertiary/aromatic N) is 1. The molecule has 80 valence electrons. The van der Waals surface area contributed by atoms with Gasteiger partial charge >= 0.3 is 0 Å². The van der Waals surface area contributed by atoms with Crippen molar-refractivity contribution in [3.63, 3.8) is 0 Å². The van der Waals surface area contributed by atoms with Crippen LogP contribution in [0, 0.1) is 11.3 Å². The van der Waals surface area contributed by atoms with Crippen molar-refractivity contribution in [3.05, 3.63) is 34.3 Å². The van der Waals surface area contributed by atoms with Crippen LogP contribution in [0.4, 0.5) is 0 Å². The quantitative estimate of drug-likeness (QED) is 0.907. The smallest absolute Gasteiger partial charge is 0.0954 e. The first-order chi connectivity index (χ1) is 7.17. The molecule has 0 aliphatic rings. The Labute approximate surface area is 99.4 Å². The zero-order valence-corrected chi connectivity index (χ0v) is 10.6. The first kappa shape index (κ1) is 12.2. The van der Waals surface area contributed by atoms with Crippen LogP contribution in [0.25, 0.3) is 0 Å². The third-order valence-electron chi connectivity index (χ3n) is 2.39. The summed E-state index contributed by atoms with van der Waals surface area (Å²) in [5, 5.41) is 12.1. The third-order valence-corrected chi connectivity index (χ3v) is 2.91. The van der Waals surface area contributed by atoms with Gasteiger partial charge in [-0.3, -0.25) is 5.32 Å². The Kier molecular flexibility index (Phi) is 4.80. The highest BCUT2D eigenvalue weighted by atomic mass is 79.9. The maximum absolute atomic E-state index is 8.85. The lowest BCUT2D eigenvalue weighted by atomic mass is 10.1. The molecule has 2 atom stereocenters. The Morgan fingerprint density at radius 2 is 2.00 bits per heavy atom. The summed E-state index contributed by atoms with van der Waals surface area (Å²) in [5.74, 6) is 0. The molecule has 15 heavy (non-hydrogen) atoms. The molecule has 0 radical (unpaired) electrons. The Balaban J connectivity index is 2.65. The molecule has 2 nitrogen and oxygen atoms in total. The van der Waals surface area contributed by atoms with Crippen LogP contribution in [0.3, 0.4) is 0 Å². The Morgan fingerprint density at radius 1 is 1.40 bits per heavy atom. The van der Waals surface area contributed by atoms with E-state index in [0.717, 1.165) is 10.9 Å². The maximum atomic E-state index is 8.85. The van der Waals surface area contributed by atoms with Crippen LogP contribution in [0.5, 0.6) is 0 Å². The normalized spacial score (nSPS) is 14.3. The van der Waals surface area contributed by atoms with Gasteiger partial charge in [-0.05, 0) is 31.0 Å². The summed E-state index contributed by atoms with van der Waals surface area (Å²) in [4.78, 5) is 0. The highest BCUT2D eigenvalue weighted by molar-refractivity contribution is 9.10. The van der Waals surface area contributed by atoms with E-state index >= 15 is 0 Å². The number of halogens is 1. The summed E-state index contributed by atoms with van der Waals surface area (Å²) < 4.78 is 1.07. The van der Waals surface area contributed by atoms with Gasteiger partial charge < -0.3 is 0 Å². The summed E-state index contributed by atoms with van der Waals surface area (Å²) in [5.41, 5.74) is 1.20. The molecule has 1 N–H and O–H groups in total. The molecule has 0 spiro atoms. The number of rotatable bonds is 4. The lowest BCUT2D eigenvalue weighted by Gasteiger charge is -2.17. The number of benzene rings is 1. The second-order valence-corrected chi connectivity index (χ2v) is 4.45. The molecule has 3 heteroatoms. The summed E-state index contributed by atoms with van der Waals surface area (Å²) in [6.45, 7) is 4.08. The van der Waals surface area contributed by atoms with Crippen molar-refractivity contribution in [1.82, 2.24) is 5.32 Å². The molecule has 0 saturated carbocycles. The fourth-order valence-electron chi connectivity index (χ4n) is 1.40. The minimum Gasteiger partial charge on any atom is -0.295 e. The average Bonchev–Trinajstić information content (AvgIpc) is 2.26. The van der Waals surface area contributed by atoms with Crippen molar-refractivity contribution in [2.24, 2.45) is 0 Å². The van der Waals surface area contributed by atoms with Crippen molar-refractivity contribution in [3.8, 4) is 6.07 Å². The fourth-order valence-corrected chi connectivity index (χ4v) is 1.66.